The van der Waals surface area contributed by atoms with E-state index in [1.807, 2.05) is 18.2 Å². The number of primary amides is 2. The van der Waals surface area contributed by atoms with E-state index in [0.29, 0.717) is 47.8 Å². The molecule has 216 valence electrons. The molecule has 2 aromatic carbocycles. The van der Waals surface area contributed by atoms with E-state index in [2.05, 4.69) is 0 Å². The maximum Gasteiger partial charge on any atom is 0.244 e. The summed E-state index contributed by atoms with van der Waals surface area (Å²) in [6.45, 7) is 0.298. The first-order chi connectivity index (χ1) is 19.3. The lowest BCUT2D eigenvalue weighted by Crippen LogP contribution is -2.67. The lowest BCUT2D eigenvalue weighted by Gasteiger charge is -2.50. The molecule has 1 aliphatic heterocycles. The Labute approximate surface area is 236 Å². The van der Waals surface area contributed by atoms with Crippen molar-refractivity contribution in [3.8, 4) is 17.2 Å². The molecule has 1 saturated carbocycles. The number of ether oxygens (including phenoxy) is 3. The maximum atomic E-state index is 14.9. The molecule has 2 aliphatic rings. The number of rotatable bonds is 10. The minimum absolute atomic E-state index is 0.0281. The minimum atomic E-state index is -1.59. The van der Waals surface area contributed by atoms with Gasteiger partial charge in [-0.3, -0.25) is 14.4 Å². The summed E-state index contributed by atoms with van der Waals surface area (Å²) in [4.78, 5) is 43.0. The number of nitrogens with zero attached hydrogens (tertiary/aromatic N) is 1. The van der Waals surface area contributed by atoms with Gasteiger partial charge in [-0.15, -0.1) is 0 Å². The summed E-state index contributed by atoms with van der Waals surface area (Å²) in [5, 5.41) is 0. The molecule has 40 heavy (non-hydrogen) atoms. The molecular weight excluding hydrogens is 510 g/mol. The number of carbonyl (C=O) groups is 3. The molecule has 4 rings (SSSR count). The third-order valence-corrected chi connectivity index (χ3v) is 8.69. The number of hydrogen-bond acceptors (Lipinski definition) is 6. The first-order valence-corrected chi connectivity index (χ1v) is 14.1. The van der Waals surface area contributed by atoms with Gasteiger partial charge in [0.1, 0.15) is 5.54 Å². The van der Waals surface area contributed by atoms with Gasteiger partial charge in [0.15, 0.2) is 11.5 Å². The largest absolute Gasteiger partial charge is 0.493 e. The second-order valence-corrected chi connectivity index (χ2v) is 10.8. The van der Waals surface area contributed by atoms with Crippen LogP contribution in [-0.4, -0.2) is 56.0 Å². The van der Waals surface area contributed by atoms with Gasteiger partial charge >= 0.3 is 0 Å². The number of likely N-dealkylation sites (tertiary alicyclic amines) is 1. The topological polar surface area (TPSA) is 134 Å². The molecule has 1 aliphatic carbocycles. The Morgan fingerprint density at radius 3 is 2.00 bits per heavy atom. The zero-order chi connectivity index (χ0) is 28.9. The van der Waals surface area contributed by atoms with Gasteiger partial charge in [0, 0.05) is 6.54 Å². The van der Waals surface area contributed by atoms with Crippen molar-refractivity contribution in [2.45, 2.75) is 68.7 Å². The second-order valence-electron chi connectivity index (χ2n) is 10.8. The van der Waals surface area contributed by atoms with Crippen LogP contribution in [0.2, 0.25) is 0 Å². The summed E-state index contributed by atoms with van der Waals surface area (Å²) in [7, 11) is 4.61. The SMILES string of the molecule is COc1cc([C@@H](C(=O)N2CCCCC2(C(N)=O)[C@H](C(N)=O)c2ccccc2)C2CCCCC2)cc(OC)c1OC. The maximum absolute atomic E-state index is 14.9. The van der Waals surface area contributed by atoms with Gasteiger partial charge in [-0.25, -0.2) is 0 Å². The van der Waals surface area contributed by atoms with Crippen LogP contribution in [0.3, 0.4) is 0 Å². The van der Waals surface area contributed by atoms with Crippen LogP contribution in [0.4, 0.5) is 0 Å². The van der Waals surface area contributed by atoms with Crippen LogP contribution < -0.4 is 25.7 Å². The predicted octanol–water partition coefficient (Wildman–Crippen LogP) is 3.88. The summed E-state index contributed by atoms with van der Waals surface area (Å²) in [6, 6.07) is 12.6. The number of benzene rings is 2. The molecule has 3 atom stereocenters. The van der Waals surface area contributed by atoms with Gasteiger partial charge in [-0.1, -0.05) is 49.6 Å². The molecule has 3 amide bonds. The van der Waals surface area contributed by atoms with E-state index < -0.39 is 29.2 Å². The van der Waals surface area contributed by atoms with Gasteiger partial charge in [0.05, 0.1) is 33.2 Å². The molecule has 0 bridgehead atoms. The molecule has 4 N–H and O–H groups in total. The number of hydrogen-bond donors (Lipinski definition) is 2. The van der Waals surface area contributed by atoms with Crippen molar-refractivity contribution in [2.24, 2.45) is 17.4 Å². The number of piperidine rings is 1. The summed E-state index contributed by atoms with van der Waals surface area (Å²) in [5.74, 6) is -1.97. The molecule has 1 saturated heterocycles. The molecule has 1 heterocycles. The molecule has 2 aromatic rings. The highest BCUT2D eigenvalue weighted by molar-refractivity contribution is 6.00. The number of methoxy groups -OCH3 is 3. The zero-order valence-corrected chi connectivity index (χ0v) is 23.7. The van der Waals surface area contributed by atoms with E-state index in [0.717, 1.165) is 32.1 Å². The average Bonchev–Trinajstić information content (AvgIpc) is 2.97. The molecule has 0 spiro atoms. The van der Waals surface area contributed by atoms with Crippen LogP contribution in [-0.2, 0) is 14.4 Å². The van der Waals surface area contributed by atoms with Crippen molar-refractivity contribution >= 4 is 17.7 Å². The highest BCUT2D eigenvalue weighted by Crippen LogP contribution is 2.47. The van der Waals surface area contributed by atoms with E-state index in [9.17, 15) is 14.4 Å². The summed E-state index contributed by atoms with van der Waals surface area (Å²) in [6.07, 6.45) is 6.43. The third kappa shape index (κ3) is 5.33. The smallest absolute Gasteiger partial charge is 0.244 e. The Hall–Kier alpha value is -3.75. The van der Waals surface area contributed by atoms with E-state index in [-0.39, 0.29) is 18.2 Å². The molecule has 1 unspecified atom stereocenters. The highest BCUT2D eigenvalue weighted by Gasteiger charge is 2.56. The lowest BCUT2D eigenvalue weighted by atomic mass is 9.69. The third-order valence-electron chi connectivity index (χ3n) is 8.69. The second kappa shape index (κ2) is 12.6. The normalized spacial score (nSPS) is 21.2. The van der Waals surface area contributed by atoms with Crippen molar-refractivity contribution in [1.82, 2.24) is 4.90 Å². The highest BCUT2D eigenvalue weighted by atomic mass is 16.5. The van der Waals surface area contributed by atoms with Crippen LogP contribution in [0.1, 0.15) is 74.3 Å². The van der Waals surface area contributed by atoms with Crippen molar-refractivity contribution < 1.29 is 28.6 Å². The van der Waals surface area contributed by atoms with Gasteiger partial charge in [0.25, 0.3) is 0 Å². The Balaban J connectivity index is 1.89. The van der Waals surface area contributed by atoms with Crippen LogP contribution >= 0.6 is 0 Å². The fourth-order valence-corrected chi connectivity index (χ4v) is 6.86. The molecule has 0 radical (unpaired) electrons. The van der Waals surface area contributed by atoms with Crippen molar-refractivity contribution in [3.05, 3.63) is 53.6 Å². The Bertz CT molecular complexity index is 1190. The van der Waals surface area contributed by atoms with Crippen LogP contribution in [0, 0.1) is 5.92 Å². The van der Waals surface area contributed by atoms with Gasteiger partial charge in [0.2, 0.25) is 23.5 Å². The van der Waals surface area contributed by atoms with Gasteiger partial charge in [-0.05, 0) is 61.3 Å². The number of amides is 3. The van der Waals surface area contributed by atoms with E-state index >= 15 is 0 Å². The molecule has 9 heteroatoms. The fraction of sp³-hybridized carbons (Fsp3) is 0.516. The molecule has 0 aromatic heterocycles. The number of nitrogens with two attached hydrogens (primary N) is 2. The van der Waals surface area contributed by atoms with E-state index in [4.69, 9.17) is 25.7 Å². The van der Waals surface area contributed by atoms with Gasteiger partial charge < -0.3 is 30.6 Å². The van der Waals surface area contributed by atoms with Gasteiger partial charge in [-0.2, -0.15) is 0 Å². The Kier molecular flexibility index (Phi) is 9.22. The molecule has 2 fully saturated rings. The quantitative estimate of drug-likeness (QED) is 0.460. The van der Waals surface area contributed by atoms with E-state index in [1.54, 1.807) is 43.4 Å². The standard InChI is InChI=1S/C31H41N3O6/c1-38-23-18-22(19-24(39-2)27(23)40-3)25(20-12-6-4-7-13-20)29(36)34-17-11-10-16-31(34,30(33)37)26(28(32)35)21-14-8-5-9-15-21/h5,8-9,14-15,18-20,25-26H,4,6-7,10-13,16-17H2,1-3H3,(H2,32,35)(H2,33,37)/t25-,26-,31?/m0/s1. The van der Waals surface area contributed by atoms with Crippen molar-refractivity contribution in [1.29, 1.82) is 0 Å². The fourth-order valence-electron chi connectivity index (χ4n) is 6.86. The number of carbonyl (C=O) groups excluding carboxylic acids is 3. The first kappa shape index (κ1) is 29.2. The lowest BCUT2D eigenvalue weighted by molar-refractivity contribution is -0.155. The monoisotopic (exact) mass is 551 g/mol. The van der Waals surface area contributed by atoms with E-state index in [1.165, 1.54) is 7.11 Å². The zero-order valence-electron chi connectivity index (χ0n) is 23.7. The minimum Gasteiger partial charge on any atom is -0.493 e. The average molecular weight is 552 g/mol. The summed E-state index contributed by atoms with van der Waals surface area (Å²) in [5.41, 5.74) is 11.8. The van der Waals surface area contributed by atoms with Crippen LogP contribution in [0.15, 0.2) is 42.5 Å². The predicted molar refractivity (Wildman–Crippen MR) is 151 cm³/mol. The van der Waals surface area contributed by atoms with Crippen LogP contribution in [0.25, 0.3) is 0 Å². The first-order valence-electron chi connectivity index (χ1n) is 14.1. The van der Waals surface area contributed by atoms with Crippen LogP contribution in [0.5, 0.6) is 17.2 Å². The molecule has 9 nitrogen and oxygen atoms in total. The van der Waals surface area contributed by atoms with Crippen molar-refractivity contribution in [2.75, 3.05) is 27.9 Å². The Morgan fingerprint density at radius 2 is 1.48 bits per heavy atom. The summed E-state index contributed by atoms with van der Waals surface area (Å²) < 4.78 is 16.8. The summed E-state index contributed by atoms with van der Waals surface area (Å²) >= 11 is 0. The molecular formula is C31H41N3O6. The Morgan fingerprint density at radius 1 is 0.850 bits per heavy atom. The van der Waals surface area contributed by atoms with Crippen molar-refractivity contribution in [3.63, 3.8) is 0 Å².